The number of alkyl halides is 3. The molecular formula is C13H12ClF4NO2. The molecule has 1 aromatic carbocycles. The average molecular weight is 326 g/mol. The van der Waals surface area contributed by atoms with Crippen molar-refractivity contribution in [3.8, 4) is 0 Å². The van der Waals surface area contributed by atoms with Gasteiger partial charge in [-0.2, -0.15) is 13.2 Å². The quantitative estimate of drug-likeness (QED) is 0.806. The lowest BCUT2D eigenvalue weighted by Crippen LogP contribution is -2.54. The maximum absolute atomic E-state index is 13.6. The first-order chi connectivity index (χ1) is 9.64. The van der Waals surface area contributed by atoms with E-state index in [1.807, 2.05) is 0 Å². The Bertz CT molecular complexity index is 554. The Hall–Kier alpha value is -1.34. The van der Waals surface area contributed by atoms with Gasteiger partial charge in [-0.3, -0.25) is 4.79 Å². The fourth-order valence-electron chi connectivity index (χ4n) is 2.20. The van der Waals surface area contributed by atoms with Crippen LogP contribution in [0.3, 0.4) is 0 Å². The van der Waals surface area contributed by atoms with E-state index >= 15 is 0 Å². The number of amides is 1. The summed E-state index contributed by atoms with van der Waals surface area (Å²) in [6.45, 7) is -0.589. The molecule has 0 saturated carbocycles. The molecule has 1 amide bonds. The van der Waals surface area contributed by atoms with Crippen LogP contribution in [-0.2, 0) is 0 Å². The van der Waals surface area contributed by atoms with Crippen LogP contribution in [0.15, 0.2) is 18.2 Å². The van der Waals surface area contributed by atoms with Crippen LogP contribution in [0.4, 0.5) is 17.6 Å². The largest absolute Gasteiger partial charge is 0.417 e. The van der Waals surface area contributed by atoms with Crippen molar-refractivity contribution in [2.24, 2.45) is 0 Å². The zero-order chi connectivity index (χ0) is 15.8. The van der Waals surface area contributed by atoms with E-state index in [-0.39, 0.29) is 23.7 Å². The van der Waals surface area contributed by atoms with Crippen LogP contribution >= 0.6 is 11.6 Å². The van der Waals surface area contributed by atoms with Crippen molar-refractivity contribution >= 4 is 17.5 Å². The van der Waals surface area contributed by atoms with Crippen molar-refractivity contribution in [2.75, 3.05) is 13.1 Å². The molecule has 0 bridgehead atoms. The summed E-state index contributed by atoms with van der Waals surface area (Å²) in [4.78, 5) is 13.2. The van der Waals surface area contributed by atoms with Gasteiger partial charge in [-0.25, -0.2) is 4.39 Å². The number of halogens is 5. The van der Waals surface area contributed by atoms with Crippen molar-refractivity contribution in [3.05, 3.63) is 34.6 Å². The summed E-state index contributed by atoms with van der Waals surface area (Å²) in [5.41, 5.74) is -3.04. The molecule has 1 aliphatic heterocycles. The number of carbonyl (C=O) groups excluding carboxylic acids is 1. The fraction of sp³-hybridized carbons (Fsp3) is 0.462. The maximum atomic E-state index is 13.6. The molecular weight excluding hydrogens is 314 g/mol. The molecule has 0 aromatic heterocycles. The SMILES string of the molecule is O=C(c1ccc(Cl)cc1F)N1CCC(O)(C(F)(F)F)CC1. The fourth-order valence-corrected chi connectivity index (χ4v) is 2.36. The number of carbonyl (C=O) groups is 1. The standard InChI is InChI=1S/C13H12ClF4NO2/c14-8-1-2-9(10(15)7-8)11(20)19-5-3-12(21,4-6-19)13(16,17)18/h1-2,7,21H,3-6H2. The Morgan fingerprint density at radius 1 is 1.29 bits per heavy atom. The molecule has 2 rings (SSSR count). The Labute approximate surface area is 123 Å². The van der Waals surface area contributed by atoms with Gasteiger partial charge in [0.05, 0.1) is 5.56 Å². The lowest BCUT2D eigenvalue weighted by Gasteiger charge is -2.39. The summed E-state index contributed by atoms with van der Waals surface area (Å²) in [6.07, 6.45) is -6.00. The number of benzene rings is 1. The highest BCUT2D eigenvalue weighted by Gasteiger charge is 2.54. The van der Waals surface area contributed by atoms with Crippen molar-refractivity contribution in [2.45, 2.75) is 24.6 Å². The summed E-state index contributed by atoms with van der Waals surface area (Å²) in [6, 6.07) is 3.48. The predicted octanol–water partition coefficient (Wildman–Crippen LogP) is 3.01. The van der Waals surface area contributed by atoms with E-state index in [1.165, 1.54) is 12.1 Å². The van der Waals surface area contributed by atoms with Gasteiger partial charge in [0.1, 0.15) is 5.82 Å². The maximum Gasteiger partial charge on any atom is 0.417 e. The highest BCUT2D eigenvalue weighted by atomic mass is 35.5. The average Bonchev–Trinajstić information content (AvgIpc) is 2.37. The molecule has 21 heavy (non-hydrogen) atoms. The first-order valence-electron chi connectivity index (χ1n) is 6.17. The summed E-state index contributed by atoms with van der Waals surface area (Å²) in [5, 5.41) is 9.63. The molecule has 1 heterocycles. The molecule has 0 unspecified atom stereocenters. The van der Waals surface area contributed by atoms with E-state index in [1.54, 1.807) is 0 Å². The second kappa shape index (κ2) is 5.46. The number of likely N-dealkylation sites (tertiary alicyclic amines) is 1. The molecule has 0 atom stereocenters. The number of rotatable bonds is 1. The van der Waals surface area contributed by atoms with Crippen molar-refractivity contribution in [1.82, 2.24) is 4.90 Å². The molecule has 0 radical (unpaired) electrons. The topological polar surface area (TPSA) is 40.5 Å². The summed E-state index contributed by atoms with van der Waals surface area (Å²) < 4.78 is 51.6. The molecule has 116 valence electrons. The Kier molecular flexibility index (Phi) is 4.17. The predicted molar refractivity (Wildman–Crippen MR) is 67.6 cm³/mol. The second-order valence-corrected chi connectivity index (χ2v) is 5.38. The van der Waals surface area contributed by atoms with E-state index in [0.29, 0.717) is 0 Å². The molecule has 1 aliphatic rings. The van der Waals surface area contributed by atoms with E-state index in [4.69, 9.17) is 11.6 Å². The molecule has 1 fully saturated rings. The second-order valence-electron chi connectivity index (χ2n) is 4.95. The lowest BCUT2D eigenvalue weighted by molar-refractivity contribution is -0.271. The minimum Gasteiger partial charge on any atom is -0.380 e. The minimum atomic E-state index is -4.74. The zero-order valence-corrected chi connectivity index (χ0v) is 11.5. The number of nitrogens with zero attached hydrogens (tertiary/aromatic N) is 1. The molecule has 1 saturated heterocycles. The van der Waals surface area contributed by atoms with E-state index in [9.17, 15) is 27.5 Å². The van der Waals surface area contributed by atoms with Gasteiger partial charge < -0.3 is 10.0 Å². The van der Waals surface area contributed by atoms with Gasteiger partial charge in [-0.1, -0.05) is 11.6 Å². The van der Waals surface area contributed by atoms with Crippen LogP contribution in [-0.4, -0.2) is 40.8 Å². The van der Waals surface area contributed by atoms with E-state index < -0.39 is 36.3 Å². The van der Waals surface area contributed by atoms with Crippen LogP contribution < -0.4 is 0 Å². The van der Waals surface area contributed by atoms with E-state index in [2.05, 4.69) is 0 Å². The van der Waals surface area contributed by atoms with E-state index in [0.717, 1.165) is 11.0 Å². The first-order valence-corrected chi connectivity index (χ1v) is 6.55. The highest BCUT2D eigenvalue weighted by molar-refractivity contribution is 6.30. The molecule has 0 aliphatic carbocycles. The molecule has 8 heteroatoms. The summed E-state index contributed by atoms with van der Waals surface area (Å²) in [5.74, 6) is -1.54. The van der Waals surface area contributed by atoms with Crippen molar-refractivity contribution in [1.29, 1.82) is 0 Å². The van der Waals surface area contributed by atoms with Gasteiger partial charge in [-0.05, 0) is 18.2 Å². The third-order valence-corrected chi connectivity index (χ3v) is 3.80. The van der Waals surface area contributed by atoms with Crippen molar-refractivity contribution < 1.29 is 27.5 Å². The normalized spacial score (nSPS) is 18.7. The molecule has 1 aromatic rings. The van der Waals surface area contributed by atoms with Gasteiger partial charge in [0.25, 0.3) is 5.91 Å². The van der Waals surface area contributed by atoms with Crippen molar-refractivity contribution in [3.63, 3.8) is 0 Å². The minimum absolute atomic E-state index is 0.120. The van der Waals surface area contributed by atoms with Gasteiger partial charge >= 0.3 is 6.18 Å². The smallest absolute Gasteiger partial charge is 0.380 e. The van der Waals surface area contributed by atoms with Crippen LogP contribution in [0, 0.1) is 5.82 Å². The molecule has 0 spiro atoms. The number of piperidine rings is 1. The van der Waals surface area contributed by atoms with Gasteiger partial charge in [0, 0.05) is 31.0 Å². The summed E-state index contributed by atoms with van der Waals surface area (Å²) in [7, 11) is 0. The first kappa shape index (κ1) is 16.0. The van der Waals surface area contributed by atoms with Gasteiger partial charge in [0.15, 0.2) is 5.60 Å². The summed E-state index contributed by atoms with van der Waals surface area (Å²) >= 11 is 5.57. The highest BCUT2D eigenvalue weighted by Crippen LogP contribution is 2.38. The van der Waals surface area contributed by atoms with Crippen LogP contribution in [0.25, 0.3) is 0 Å². The van der Waals surface area contributed by atoms with Crippen LogP contribution in [0.5, 0.6) is 0 Å². The third kappa shape index (κ3) is 3.13. The molecule has 1 N–H and O–H groups in total. The van der Waals surface area contributed by atoms with Crippen LogP contribution in [0.2, 0.25) is 5.02 Å². The monoisotopic (exact) mass is 325 g/mol. The lowest BCUT2D eigenvalue weighted by atomic mass is 9.90. The third-order valence-electron chi connectivity index (χ3n) is 3.57. The van der Waals surface area contributed by atoms with Crippen LogP contribution in [0.1, 0.15) is 23.2 Å². The Morgan fingerprint density at radius 3 is 2.33 bits per heavy atom. The Morgan fingerprint density at radius 2 is 1.86 bits per heavy atom. The Balaban J connectivity index is 2.10. The number of hydrogen-bond acceptors (Lipinski definition) is 2. The number of aliphatic hydroxyl groups is 1. The zero-order valence-electron chi connectivity index (χ0n) is 10.8. The van der Waals surface area contributed by atoms with Gasteiger partial charge in [0.2, 0.25) is 0 Å². The number of hydrogen-bond donors (Lipinski definition) is 1. The van der Waals surface area contributed by atoms with Gasteiger partial charge in [-0.15, -0.1) is 0 Å². The molecule has 3 nitrogen and oxygen atoms in total.